The Morgan fingerprint density at radius 1 is 0.921 bits per heavy atom. The van der Waals surface area contributed by atoms with Crippen molar-refractivity contribution in [1.82, 2.24) is 10.2 Å². The second-order valence-corrected chi connectivity index (χ2v) is 11.6. The quantitative estimate of drug-likeness (QED) is 0.281. The number of carbonyl (C=O) groups is 2. The zero-order chi connectivity index (χ0) is 26.7. The van der Waals surface area contributed by atoms with Gasteiger partial charge in [-0.1, -0.05) is 103 Å². The molecule has 1 aliphatic carbocycles. The highest BCUT2D eigenvalue weighted by molar-refractivity contribution is 7.99. The Kier molecular flexibility index (Phi) is 10.7. The minimum absolute atomic E-state index is 0.0400. The first-order chi connectivity index (χ1) is 18.5. The topological polar surface area (TPSA) is 49.4 Å². The summed E-state index contributed by atoms with van der Waals surface area (Å²) in [6.45, 7) is 2.40. The van der Waals surface area contributed by atoms with Crippen molar-refractivity contribution in [3.05, 3.63) is 106 Å². The van der Waals surface area contributed by atoms with Crippen molar-refractivity contribution in [3.63, 3.8) is 0 Å². The van der Waals surface area contributed by atoms with Crippen molar-refractivity contribution in [3.8, 4) is 0 Å². The van der Waals surface area contributed by atoms with Crippen LogP contribution in [0.2, 0.25) is 5.02 Å². The molecule has 1 N–H and O–H groups in total. The van der Waals surface area contributed by atoms with Gasteiger partial charge in [-0.05, 0) is 48.6 Å². The van der Waals surface area contributed by atoms with E-state index in [2.05, 4.69) is 36.5 Å². The van der Waals surface area contributed by atoms with Gasteiger partial charge in [0, 0.05) is 29.8 Å². The Balaban J connectivity index is 1.56. The van der Waals surface area contributed by atoms with Crippen LogP contribution in [0.4, 0.5) is 0 Å². The van der Waals surface area contributed by atoms with Crippen molar-refractivity contribution in [1.29, 1.82) is 0 Å². The van der Waals surface area contributed by atoms with Gasteiger partial charge in [-0.25, -0.2) is 0 Å². The van der Waals surface area contributed by atoms with E-state index in [1.807, 2.05) is 54.6 Å². The Labute approximate surface area is 236 Å². The fraction of sp³-hybridized carbons (Fsp3) is 0.375. The number of benzene rings is 3. The molecular weight excluding hydrogens is 512 g/mol. The lowest BCUT2D eigenvalue weighted by Crippen LogP contribution is -2.53. The van der Waals surface area contributed by atoms with E-state index in [1.54, 1.807) is 16.7 Å². The second-order valence-electron chi connectivity index (χ2n) is 10.2. The van der Waals surface area contributed by atoms with Crippen molar-refractivity contribution in [2.24, 2.45) is 0 Å². The van der Waals surface area contributed by atoms with Crippen LogP contribution in [0.5, 0.6) is 0 Å². The molecule has 0 saturated heterocycles. The first-order valence-electron chi connectivity index (χ1n) is 13.5. The summed E-state index contributed by atoms with van der Waals surface area (Å²) in [4.78, 5) is 29.4. The molecule has 4 rings (SSSR count). The minimum atomic E-state index is -0.606. The maximum absolute atomic E-state index is 13.8. The number of carbonyl (C=O) groups excluding carboxylic acids is 2. The maximum Gasteiger partial charge on any atom is 0.243 e. The monoisotopic (exact) mass is 548 g/mol. The summed E-state index contributed by atoms with van der Waals surface area (Å²) in [5, 5.41) is 3.91. The molecule has 1 saturated carbocycles. The number of rotatable bonds is 11. The van der Waals surface area contributed by atoms with E-state index >= 15 is 0 Å². The van der Waals surface area contributed by atoms with Gasteiger partial charge >= 0.3 is 0 Å². The Bertz CT molecular complexity index is 1180. The molecule has 4 nitrogen and oxygen atoms in total. The van der Waals surface area contributed by atoms with Crippen LogP contribution in [0.3, 0.4) is 0 Å². The summed E-state index contributed by atoms with van der Waals surface area (Å²) >= 11 is 7.87. The molecule has 200 valence electrons. The van der Waals surface area contributed by atoms with Crippen LogP contribution in [-0.2, 0) is 28.3 Å². The predicted octanol–water partition coefficient (Wildman–Crippen LogP) is 6.97. The van der Waals surface area contributed by atoms with Crippen LogP contribution >= 0.6 is 23.4 Å². The van der Waals surface area contributed by atoms with Crippen LogP contribution in [0.1, 0.15) is 54.4 Å². The fourth-order valence-corrected chi connectivity index (χ4v) is 6.04. The highest BCUT2D eigenvalue weighted by atomic mass is 35.5. The van der Waals surface area contributed by atoms with E-state index in [4.69, 9.17) is 11.6 Å². The molecule has 6 heteroatoms. The molecule has 0 bridgehead atoms. The summed E-state index contributed by atoms with van der Waals surface area (Å²) in [5.74, 6) is 0.937. The predicted molar refractivity (Wildman–Crippen MR) is 158 cm³/mol. The summed E-state index contributed by atoms with van der Waals surface area (Å²) in [5.41, 5.74) is 4.35. The first-order valence-corrected chi connectivity index (χ1v) is 15.0. The lowest BCUT2D eigenvalue weighted by atomic mass is 9.94. The van der Waals surface area contributed by atoms with E-state index in [1.165, 1.54) is 17.5 Å². The third kappa shape index (κ3) is 8.64. The van der Waals surface area contributed by atoms with Gasteiger partial charge < -0.3 is 10.2 Å². The SMILES string of the molecule is Cc1ccc(CSCC(=O)N(Cc2cccc(Cl)c2)[C@H](Cc2ccccc2)C(=O)NC2CCCCC2)cc1. The molecule has 3 aromatic carbocycles. The first kappa shape index (κ1) is 28.3. The van der Waals surface area contributed by atoms with Gasteiger partial charge in [0.1, 0.15) is 6.04 Å². The molecule has 38 heavy (non-hydrogen) atoms. The van der Waals surface area contributed by atoms with Crippen LogP contribution in [0.25, 0.3) is 0 Å². The minimum Gasteiger partial charge on any atom is -0.352 e. The summed E-state index contributed by atoms with van der Waals surface area (Å²) in [6.07, 6.45) is 5.95. The highest BCUT2D eigenvalue weighted by Gasteiger charge is 2.31. The van der Waals surface area contributed by atoms with Crippen molar-refractivity contribution < 1.29 is 9.59 Å². The number of thioether (sulfide) groups is 1. The molecule has 1 atom stereocenters. The molecule has 2 amide bonds. The van der Waals surface area contributed by atoms with Crippen LogP contribution < -0.4 is 5.32 Å². The van der Waals surface area contributed by atoms with Gasteiger partial charge in [0.05, 0.1) is 5.75 Å². The second kappa shape index (κ2) is 14.4. The van der Waals surface area contributed by atoms with E-state index in [0.717, 1.165) is 42.6 Å². The van der Waals surface area contributed by atoms with Gasteiger partial charge in [0.15, 0.2) is 0 Å². The number of halogens is 1. The zero-order valence-corrected chi connectivity index (χ0v) is 23.6. The zero-order valence-electron chi connectivity index (χ0n) is 22.1. The summed E-state index contributed by atoms with van der Waals surface area (Å²) in [7, 11) is 0. The molecule has 0 radical (unpaired) electrons. The van der Waals surface area contributed by atoms with Crippen LogP contribution in [-0.4, -0.2) is 34.6 Å². The lowest BCUT2D eigenvalue weighted by molar-refractivity contribution is -0.139. The van der Waals surface area contributed by atoms with Crippen LogP contribution in [0, 0.1) is 6.92 Å². The molecule has 0 heterocycles. The average Bonchev–Trinajstić information content (AvgIpc) is 2.93. The van der Waals surface area contributed by atoms with Crippen molar-refractivity contribution >= 4 is 35.2 Å². The molecule has 0 aromatic heterocycles. The van der Waals surface area contributed by atoms with Gasteiger partial charge in [0.25, 0.3) is 0 Å². The largest absolute Gasteiger partial charge is 0.352 e. The molecule has 0 spiro atoms. The number of nitrogens with zero attached hydrogens (tertiary/aromatic N) is 1. The molecule has 1 fully saturated rings. The number of hydrogen-bond donors (Lipinski definition) is 1. The number of hydrogen-bond acceptors (Lipinski definition) is 3. The van der Waals surface area contributed by atoms with Gasteiger partial charge in [0.2, 0.25) is 11.8 Å². The normalized spacial score (nSPS) is 14.6. The van der Waals surface area contributed by atoms with Gasteiger partial charge in [-0.3, -0.25) is 9.59 Å². The highest BCUT2D eigenvalue weighted by Crippen LogP contribution is 2.22. The summed E-state index contributed by atoms with van der Waals surface area (Å²) in [6, 6.07) is 25.5. The maximum atomic E-state index is 13.8. The van der Waals surface area contributed by atoms with E-state index in [-0.39, 0.29) is 17.9 Å². The van der Waals surface area contributed by atoms with Crippen molar-refractivity contribution in [2.45, 2.75) is 69.8 Å². The smallest absolute Gasteiger partial charge is 0.243 e. The van der Waals surface area contributed by atoms with E-state index in [0.29, 0.717) is 23.7 Å². The third-order valence-corrected chi connectivity index (χ3v) is 8.30. The number of amides is 2. The molecular formula is C32H37ClN2O2S. The van der Waals surface area contributed by atoms with E-state index < -0.39 is 6.04 Å². The lowest BCUT2D eigenvalue weighted by Gasteiger charge is -2.33. The van der Waals surface area contributed by atoms with Crippen LogP contribution in [0.15, 0.2) is 78.9 Å². The molecule has 0 aliphatic heterocycles. The van der Waals surface area contributed by atoms with Gasteiger partial charge in [-0.15, -0.1) is 11.8 Å². The van der Waals surface area contributed by atoms with E-state index in [9.17, 15) is 9.59 Å². The van der Waals surface area contributed by atoms with Gasteiger partial charge in [-0.2, -0.15) is 0 Å². The Morgan fingerprint density at radius 2 is 1.63 bits per heavy atom. The number of nitrogens with one attached hydrogen (secondary N) is 1. The number of aryl methyl sites for hydroxylation is 1. The third-order valence-electron chi connectivity index (χ3n) is 7.08. The van der Waals surface area contributed by atoms with Crippen molar-refractivity contribution in [2.75, 3.05) is 5.75 Å². The molecule has 0 unspecified atom stereocenters. The Hall–Kier alpha value is -2.76. The average molecular weight is 549 g/mol. The molecule has 3 aromatic rings. The molecule has 1 aliphatic rings. The standard InChI is InChI=1S/C32H37ClN2O2S/c1-24-15-17-26(18-16-24)22-38-23-31(36)35(21-27-11-8-12-28(33)19-27)30(20-25-9-4-2-5-10-25)32(37)34-29-13-6-3-7-14-29/h2,4-5,8-12,15-19,29-30H,3,6-7,13-14,20-23H2,1H3,(H,34,37)/t30-/m1/s1. The fourth-order valence-electron chi connectivity index (χ4n) is 4.95. The summed E-state index contributed by atoms with van der Waals surface area (Å²) < 4.78 is 0. The Morgan fingerprint density at radius 3 is 2.34 bits per heavy atom.